The average molecular weight is 252 g/mol. The first-order chi connectivity index (χ1) is 8.48. The first-order valence-electron chi connectivity index (χ1n) is 5.42. The highest BCUT2D eigenvalue weighted by Gasteiger charge is 2.43. The van der Waals surface area contributed by atoms with E-state index >= 15 is 0 Å². The molecule has 1 aromatic rings. The maximum Gasteiger partial charge on any atom is 0.334 e. The van der Waals surface area contributed by atoms with E-state index in [2.05, 4.69) is 6.58 Å². The number of ketones is 1. The van der Waals surface area contributed by atoms with E-state index < -0.39 is 24.2 Å². The molecule has 96 valence electrons. The van der Waals surface area contributed by atoms with Gasteiger partial charge in [-0.15, -0.1) is 6.58 Å². The van der Waals surface area contributed by atoms with Crippen molar-refractivity contribution in [1.82, 2.24) is 0 Å². The minimum absolute atomic E-state index is 0.469. The van der Waals surface area contributed by atoms with E-state index in [1.807, 2.05) is 0 Å². The van der Waals surface area contributed by atoms with Crippen molar-refractivity contribution in [2.75, 3.05) is 0 Å². The Bertz CT molecular complexity index is 438. The summed E-state index contributed by atoms with van der Waals surface area (Å²) in [5.41, 5.74) is 0.670. The Kier molecular flexibility index (Phi) is 4.92. The summed E-state index contributed by atoms with van der Waals surface area (Å²) in [6.07, 6.45) is 0.744. The molecular weight excluding hydrogens is 238 g/mol. The summed E-state index contributed by atoms with van der Waals surface area (Å²) in [6, 6.07) is 8.68. The topological polar surface area (TPSA) is 37.3 Å². The Balaban J connectivity index is 2.75. The van der Waals surface area contributed by atoms with E-state index in [0.717, 1.165) is 12.2 Å². The number of carbonyl (C=O) groups is 1. The van der Waals surface area contributed by atoms with Gasteiger partial charge in [0.15, 0.2) is 0 Å². The summed E-state index contributed by atoms with van der Waals surface area (Å²) in [4.78, 5) is 11.1. The fraction of sp³-hybridized carbons (Fsp3) is 0.214. The van der Waals surface area contributed by atoms with E-state index in [1.165, 1.54) is 6.08 Å². The molecule has 0 aliphatic rings. The van der Waals surface area contributed by atoms with Crippen molar-refractivity contribution in [3.8, 4) is 0 Å². The molecule has 0 bridgehead atoms. The number of rotatable bonds is 6. The predicted molar refractivity (Wildman–Crippen MR) is 66.3 cm³/mol. The van der Waals surface area contributed by atoms with Gasteiger partial charge in [0.25, 0.3) is 0 Å². The van der Waals surface area contributed by atoms with Gasteiger partial charge in [-0.3, -0.25) is 4.79 Å². The lowest BCUT2D eigenvalue weighted by Crippen LogP contribution is -2.39. The van der Waals surface area contributed by atoms with Crippen molar-refractivity contribution in [2.45, 2.75) is 18.4 Å². The molecule has 0 saturated heterocycles. The smallest absolute Gasteiger partial charge is 0.334 e. The van der Waals surface area contributed by atoms with E-state index in [4.69, 9.17) is 0 Å². The summed E-state index contributed by atoms with van der Waals surface area (Å²) >= 11 is 0. The highest BCUT2D eigenvalue weighted by atomic mass is 19.3. The number of aliphatic hydroxyl groups is 1. The second kappa shape index (κ2) is 6.21. The third-order valence-electron chi connectivity index (χ3n) is 2.34. The molecule has 0 spiro atoms. The summed E-state index contributed by atoms with van der Waals surface area (Å²) in [5, 5.41) is 9.34. The van der Waals surface area contributed by atoms with Crippen molar-refractivity contribution in [3.05, 3.63) is 54.6 Å². The lowest BCUT2D eigenvalue weighted by molar-refractivity contribution is -0.154. The molecular formula is C14H14F2O2. The van der Waals surface area contributed by atoms with Crippen LogP contribution in [0, 0.1) is 0 Å². The molecule has 0 heterocycles. The van der Waals surface area contributed by atoms with Crippen molar-refractivity contribution in [3.63, 3.8) is 0 Å². The lowest BCUT2D eigenvalue weighted by atomic mass is 10.0. The molecule has 0 aliphatic heterocycles. The number of carbonyl (C=O) groups excluding carboxylic acids is 1. The molecule has 1 unspecified atom stereocenters. The van der Waals surface area contributed by atoms with Crippen molar-refractivity contribution < 1.29 is 18.7 Å². The number of benzene rings is 1. The Morgan fingerprint density at radius 2 is 2.00 bits per heavy atom. The monoisotopic (exact) mass is 252 g/mol. The Labute approximate surface area is 104 Å². The van der Waals surface area contributed by atoms with Crippen LogP contribution < -0.4 is 0 Å². The number of halogens is 2. The van der Waals surface area contributed by atoms with Gasteiger partial charge in [0, 0.05) is 6.42 Å². The summed E-state index contributed by atoms with van der Waals surface area (Å²) < 4.78 is 26.8. The van der Waals surface area contributed by atoms with Gasteiger partial charge in [-0.1, -0.05) is 42.5 Å². The normalized spacial score (nSPS) is 13.5. The average Bonchev–Trinajstić information content (AvgIpc) is 2.37. The summed E-state index contributed by atoms with van der Waals surface area (Å²) in [5.74, 6) is -5.14. The zero-order valence-corrected chi connectivity index (χ0v) is 9.72. The molecule has 2 nitrogen and oxygen atoms in total. The van der Waals surface area contributed by atoms with Crippen LogP contribution in [0.3, 0.4) is 0 Å². The van der Waals surface area contributed by atoms with Gasteiger partial charge in [0.05, 0.1) is 0 Å². The van der Waals surface area contributed by atoms with E-state index in [1.54, 1.807) is 30.3 Å². The molecule has 0 saturated carbocycles. The van der Waals surface area contributed by atoms with Crippen LogP contribution in [0.5, 0.6) is 0 Å². The molecule has 4 heteroatoms. The number of alkyl halides is 2. The fourth-order valence-electron chi connectivity index (χ4n) is 1.32. The maximum atomic E-state index is 13.4. The minimum atomic E-state index is -3.79. The molecule has 0 fully saturated rings. The lowest BCUT2D eigenvalue weighted by Gasteiger charge is -2.17. The van der Waals surface area contributed by atoms with Gasteiger partial charge in [0.1, 0.15) is 6.10 Å². The molecule has 1 rings (SSSR count). The van der Waals surface area contributed by atoms with E-state index in [0.29, 0.717) is 5.56 Å². The van der Waals surface area contributed by atoms with Crippen LogP contribution in [0.1, 0.15) is 12.0 Å². The molecule has 18 heavy (non-hydrogen) atoms. The highest BCUT2D eigenvalue weighted by Crippen LogP contribution is 2.23. The third kappa shape index (κ3) is 3.60. The number of allylic oxidation sites excluding steroid dienone is 1. The fourth-order valence-corrected chi connectivity index (χ4v) is 1.32. The molecule has 0 aromatic heterocycles. The van der Waals surface area contributed by atoms with Crippen LogP contribution in [0.15, 0.2) is 49.1 Å². The van der Waals surface area contributed by atoms with Crippen LogP contribution >= 0.6 is 0 Å². The largest absolute Gasteiger partial charge is 0.382 e. The van der Waals surface area contributed by atoms with Gasteiger partial charge < -0.3 is 5.11 Å². The van der Waals surface area contributed by atoms with Gasteiger partial charge in [-0.2, -0.15) is 8.78 Å². The van der Waals surface area contributed by atoms with E-state index in [-0.39, 0.29) is 0 Å². The molecule has 1 N–H and O–H groups in total. The SMILES string of the molecule is C=CCC(=O)C(F)(F)C(O)/C=C/c1ccccc1. The summed E-state index contributed by atoms with van der Waals surface area (Å²) in [6.45, 7) is 3.21. The van der Waals surface area contributed by atoms with Crippen LogP contribution in [0.25, 0.3) is 6.08 Å². The van der Waals surface area contributed by atoms with Crippen molar-refractivity contribution >= 4 is 11.9 Å². The van der Waals surface area contributed by atoms with Gasteiger partial charge in [0.2, 0.25) is 5.78 Å². The molecule has 0 amide bonds. The second-order valence-corrected chi connectivity index (χ2v) is 3.75. The van der Waals surface area contributed by atoms with Crippen LogP contribution in [0.2, 0.25) is 0 Å². The van der Waals surface area contributed by atoms with Crippen molar-refractivity contribution in [1.29, 1.82) is 0 Å². The predicted octanol–water partition coefficient (Wildman–Crippen LogP) is 2.84. The summed E-state index contributed by atoms with van der Waals surface area (Å²) in [7, 11) is 0. The molecule has 1 atom stereocenters. The van der Waals surface area contributed by atoms with E-state index in [9.17, 15) is 18.7 Å². The van der Waals surface area contributed by atoms with Crippen molar-refractivity contribution in [2.24, 2.45) is 0 Å². The number of aliphatic hydroxyl groups excluding tert-OH is 1. The van der Waals surface area contributed by atoms with Gasteiger partial charge in [-0.25, -0.2) is 0 Å². The maximum absolute atomic E-state index is 13.4. The zero-order chi connectivity index (χ0) is 13.6. The Hall–Kier alpha value is -1.81. The Morgan fingerprint density at radius 3 is 2.56 bits per heavy atom. The van der Waals surface area contributed by atoms with Crippen LogP contribution in [-0.4, -0.2) is 22.9 Å². The molecule has 0 radical (unpaired) electrons. The Morgan fingerprint density at radius 1 is 1.39 bits per heavy atom. The molecule has 0 aliphatic carbocycles. The first-order valence-corrected chi connectivity index (χ1v) is 5.42. The van der Waals surface area contributed by atoms with Crippen LogP contribution in [-0.2, 0) is 4.79 Å². The quantitative estimate of drug-likeness (QED) is 0.790. The molecule has 1 aromatic carbocycles. The van der Waals surface area contributed by atoms with Gasteiger partial charge >= 0.3 is 5.92 Å². The first kappa shape index (κ1) is 14.3. The highest BCUT2D eigenvalue weighted by molar-refractivity contribution is 5.87. The minimum Gasteiger partial charge on any atom is -0.382 e. The number of hydrogen-bond acceptors (Lipinski definition) is 2. The number of hydrogen-bond donors (Lipinski definition) is 1. The van der Waals surface area contributed by atoms with Gasteiger partial charge in [-0.05, 0) is 11.6 Å². The second-order valence-electron chi connectivity index (χ2n) is 3.75. The standard InChI is InChI=1S/C14H14F2O2/c1-2-6-12(17)14(15,16)13(18)10-9-11-7-4-3-5-8-11/h2-5,7-10,13,18H,1,6H2/b10-9+. The number of Topliss-reactive ketones (excluding diaryl/α,β-unsaturated/α-hetero) is 1. The third-order valence-corrected chi connectivity index (χ3v) is 2.34. The zero-order valence-electron chi connectivity index (χ0n) is 9.72. The van der Waals surface area contributed by atoms with Crippen LogP contribution in [0.4, 0.5) is 8.78 Å².